The summed E-state index contributed by atoms with van der Waals surface area (Å²) in [4.78, 5) is 6.90. The molecule has 0 aliphatic carbocycles. The first kappa shape index (κ1) is 11.7. The molecule has 19 heavy (non-hydrogen) atoms. The lowest BCUT2D eigenvalue weighted by molar-refractivity contribution is 0.777. The summed E-state index contributed by atoms with van der Waals surface area (Å²) in [6, 6.07) is 12.0. The number of rotatable bonds is 1. The molecule has 2 aromatic rings. The summed E-state index contributed by atoms with van der Waals surface area (Å²) in [5.41, 5.74) is 3.02. The van der Waals surface area contributed by atoms with E-state index >= 15 is 0 Å². The van der Waals surface area contributed by atoms with Crippen molar-refractivity contribution in [3.63, 3.8) is 0 Å². The molecule has 0 saturated heterocycles. The SMILES string of the molecule is CC1=CCN(c2cc(C#N)c3ccccc3n2)CC1. The van der Waals surface area contributed by atoms with E-state index in [9.17, 15) is 5.26 Å². The van der Waals surface area contributed by atoms with Crippen LogP contribution < -0.4 is 4.90 Å². The Bertz CT molecular complexity index is 695. The second kappa shape index (κ2) is 4.74. The van der Waals surface area contributed by atoms with Crippen LogP contribution in [0.1, 0.15) is 18.9 Å². The van der Waals surface area contributed by atoms with Gasteiger partial charge in [0.05, 0.1) is 17.1 Å². The lowest BCUT2D eigenvalue weighted by Crippen LogP contribution is -2.28. The fraction of sp³-hybridized carbons (Fsp3) is 0.250. The molecule has 0 radical (unpaired) electrons. The van der Waals surface area contributed by atoms with Gasteiger partial charge < -0.3 is 4.90 Å². The molecule has 0 N–H and O–H groups in total. The smallest absolute Gasteiger partial charge is 0.130 e. The van der Waals surface area contributed by atoms with Crippen LogP contribution in [0.15, 0.2) is 42.0 Å². The van der Waals surface area contributed by atoms with Crippen molar-refractivity contribution in [2.75, 3.05) is 18.0 Å². The van der Waals surface area contributed by atoms with Crippen LogP contribution in [0.4, 0.5) is 5.82 Å². The maximum atomic E-state index is 9.29. The summed E-state index contributed by atoms with van der Waals surface area (Å²) in [5, 5.41) is 10.2. The first-order chi connectivity index (χ1) is 9.28. The van der Waals surface area contributed by atoms with E-state index in [-0.39, 0.29) is 0 Å². The van der Waals surface area contributed by atoms with E-state index in [0.717, 1.165) is 36.2 Å². The Hall–Kier alpha value is -2.34. The minimum Gasteiger partial charge on any atom is -0.353 e. The number of aromatic nitrogens is 1. The highest BCUT2D eigenvalue weighted by molar-refractivity contribution is 5.86. The minimum atomic E-state index is 0.701. The molecule has 3 rings (SSSR count). The molecular weight excluding hydrogens is 234 g/mol. The van der Waals surface area contributed by atoms with E-state index in [0.29, 0.717) is 5.56 Å². The fourth-order valence-corrected chi connectivity index (χ4v) is 2.39. The zero-order valence-electron chi connectivity index (χ0n) is 10.9. The largest absolute Gasteiger partial charge is 0.353 e. The number of nitriles is 1. The lowest BCUT2D eigenvalue weighted by atomic mass is 10.1. The molecule has 1 aliphatic rings. The average molecular weight is 249 g/mol. The molecule has 3 nitrogen and oxygen atoms in total. The van der Waals surface area contributed by atoms with Gasteiger partial charge in [-0.3, -0.25) is 0 Å². The molecule has 2 heterocycles. The van der Waals surface area contributed by atoms with Crippen LogP contribution in [-0.4, -0.2) is 18.1 Å². The van der Waals surface area contributed by atoms with Gasteiger partial charge in [0.15, 0.2) is 0 Å². The second-order valence-electron chi connectivity index (χ2n) is 4.90. The van der Waals surface area contributed by atoms with Crippen LogP contribution in [0.3, 0.4) is 0 Å². The third kappa shape index (κ3) is 2.17. The average Bonchev–Trinajstić information content (AvgIpc) is 2.47. The Kier molecular flexibility index (Phi) is 2.92. The van der Waals surface area contributed by atoms with Gasteiger partial charge in [0.1, 0.15) is 5.82 Å². The van der Waals surface area contributed by atoms with E-state index in [1.54, 1.807) is 0 Å². The van der Waals surface area contributed by atoms with Crippen LogP contribution in [0.2, 0.25) is 0 Å². The van der Waals surface area contributed by atoms with Crippen LogP contribution in [0.5, 0.6) is 0 Å². The first-order valence-electron chi connectivity index (χ1n) is 6.48. The van der Waals surface area contributed by atoms with Gasteiger partial charge in [-0.15, -0.1) is 0 Å². The molecule has 0 unspecified atom stereocenters. The molecule has 3 heteroatoms. The number of hydrogen-bond acceptors (Lipinski definition) is 3. The van der Waals surface area contributed by atoms with Crippen molar-refractivity contribution in [3.8, 4) is 6.07 Å². The summed E-state index contributed by atoms with van der Waals surface area (Å²) < 4.78 is 0. The summed E-state index contributed by atoms with van der Waals surface area (Å²) in [6.45, 7) is 4.01. The predicted molar refractivity (Wildman–Crippen MR) is 77.0 cm³/mol. The highest BCUT2D eigenvalue weighted by atomic mass is 15.2. The first-order valence-corrected chi connectivity index (χ1v) is 6.48. The summed E-state index contributed by atoms with van der Waals surface area (Å²) in [6.07, 6.45) is 3.29. The van der Waals surface area contributed by atoms with Crippen molar-refractivity contribution in [2.24, 2.45) is 0 Å². The Morgan fingerprint density at radius 1 is 1.32 bits per heavy atom. The quantitative estimate of drug-likeness (QED) is 0.728. The number of pyridine rings is 1. The highest BCUT2D eigenvalue weighted by Gasteiger charge is 2.13. The standard InChI is InChI=1S/C16H15N3/c1-12-6-8-19(9-7-12)16-10-13(11-17)14-4-2-3-5-15(14)18-16/h2-6,10H,7-9H2,1H3. The number of benzene rings is 1. The van der Waals surface area contributed by atoms with Gasteiger partial charge in [-0.05, 0) is 25.5 Å². The molecule has 0 fully saturated rings. The van der Waals surface area contributed by atoms with E-state index in [4.69, 9.17) is 0 Å². The third-order valence-electron chi connectivity index (χ3n) is 3.58. The third-order valence-corrected chi connectivity index (χ3v) is 3.58. The van der Waals surface area contributed by atoms with Gasteiger partial charge in [0.25, 0.3) is 0 Å². The molecule has 1 aromatic heterocycles. The summed E-state index contributed by atoms with van der Waals surface area (Å²) in [5.74, 6) is 0.902. The van der Waals surface area contributed by atoms with Crippen LogP contribution >= 0.6 is 0 Å². The van der Waals surface area contributed by atoms with E-state index < -0.39 is 0 Å². The molecular formula is C16H15N3. The molecule has 0 saturated carbocycles. The Morgan fingerprint density at radius 3 is 2.89 bits per heavy atom. The maximum Gasteiger partial charge on any atom is 0.130 e. The molecule has 1 aliphatic heterocycles. The minimum absolute atomic E-state index is 0.701. The van der Waals surface area contributed by atoms with Gasteiger partial charge in [-0.1, -0.05) is 29.8 Å². The van der Waals surface area contributed by atoms with Crippen molar-refractivity contribution in [1.29, 1.82) is 5.26 Å². The summed E-state index contributed by atoms with van der Waals surface area (Å²) in [7, 11) is 0. The van der Waals surface area contributed by atoms with E-state index in [2.05, 4.69) is 29.0 Å². The fourth-order valence-electron chi connectivity index (χ4n) is 2.39. The predicted octanol–water partition coefficient (Wildman–Crippen LogP) is 3.26. The normalized spacial score (nSPS) is 15.2. The van der Waals surface area contributed by atoms with Crippen molar-refractivity contribution in [3.05, 3.63) is 47.5 Å². The molecule has 1 aromatic carbocycles. The number of anilines is 1. The zero-order chi connectivity index (χ0) is 13.2. The van der Waals surface area contributed by atoms with Crippen molar-refractivity contribution >= 4 is 16.7 Å². The molecule has 0 spiro atoms. The van der Waals surface area contributed by atoms with Crippen molar-refractivity contribution in [1.82, 2.24) is 4.98 Å². The Balaban J connectivity index is 2.08. The van der Waals surface area contributed by atoms with Gasteiger partial charge in [-0.2, -0.15) is 5.26 Å². The molecule has 0 atom stereocenters. The summed E-state index contributed by atoms with van der Waals surface area (Å²) >= 11 is 0. The maximum absolute atomic E-state index is 9.29. The Morgan fingerprint density at radius 2 is 2.16 bits per heavy atom. The molecule has 0 bridgehead atoms. The molecule has 94 valence electrons. The number of para-hydroxylation sites is 1. The van der Waals surface area contributed by atoms with Gasteiger partial charge in [0.2, 0.25) is 0 Å². The Labute approximate surface area is 112 Å². The van der Waals surface area contributed by atoms with E-state index in [1.165, 1.54) is 5.57 Å². The van der Waals surface area contributed by atoms with Gasteiger partial charge >= 0.3 is 0 Å². The second-order valence-corrected chi connectivity index (χ2v) is 4.90. The van der Waals surface area contributed by atoms with Crippen molar-refractivity contribution in [2.45, 2.75) is 13.3 Å². The zero-order valence-corrected chi connectivity index (χ0v) is 10.9. The van der Waals surface area contributed by atoms with Gasteiger partial charge in [-0.25, -0.2) is 4.98 Å². The van der Waals surface area contributed by atoms with Gasteiger partial charge in [0, 0.05) is 18.5 Å². The number of nitrogens with zero attached hydrogens (tertiary/aromatic N) is 3. The van der Waals surface area contributed by atoms with Crippen molar-refractivity contribution < 1.29 is 0 Å². The lowest BCUT2D eigenvalue weighted by Gasteiger charge is -2.26. The monoisotopic (exact) mass is 249 g/mol. The van der Waals surface area contributed by atoms with Crippen LogP contribution in [0.25, 0.3) is 10.9 Å². The van der Waals surface area contributed by atoms with Crippen LogP contribution in [0, 0.1) is 11.3 Å². The van der Waals surface area contributed by atoms with Crippen LogP contribution in [-0.2, 0) is 0 Å². The topological polar surface area (TPSA) is 39.9 Å². The number of fused-ring (bicyclic) bond motifs is 1. The highest BCUT2D eigenvalue weighted by Crippen LogP contribution is 2.24. The van der Waals surface area contributed by atoms with E-state index in [1.807, 2.05) is 30.3 Å². The number of hydrogen-bond donors (Lipinski definition) is 0. The molecule has 0 amide bonds.